The fourth-order valence-corrected chi connectivity index (χ4v) is 1.77. The highest BCUT2D eigenvalue weighted by atomic mass is 35.5. The molecule has 0 radical (unpaired) electrons. The summed E-state index contributed by atoms with van der Waals surface area (Å²) in [7, 11) is 3.58. The molecule has 1 aromatic heterocycles. The van der Waals surface area contributed by atoms with E-state index < -0.39 is 0 Å². The van der Waals surface area contributed by atoms with E-state index in [0.717, 1.165) is 18.3 Å². The van der Waals surface area contributed by atoms with Gasteiger partial charge in [-0.05, 0) is 18.8 Å². The van der Waals surface area contributed by atoms with Crippen LogP contribution >= 0.6 is 11.6 Å². The molecule has 0 atom stereocenters. The first kappa shape index (κ1) is 10.5. The van der Waals surface area contributed by atoms with Gasteiger partial charge in [-0.3, -0.25) is 0 Å². The Morgan fingerprint density at radius 2 is 2.27 bits per heavy atom. The molecule has 82 valence electrons. The van der Waals surface area contributed by atoms with E-state index in [9.17, 15) is 0 Å². The van der Waals surface area contributed by atoms with Gasteiger partial charge in [-0.1, -0.05) is 11.6 Å². The molecule has 0 amide bonds. The van der Waals surface area contributed by atoms with Crippen molar-refractivity contribution in [2.45, 2.75) is 12.8 Å². The molecule has 0 aromatic carbocycles. The lowest BCUT2D eigenvalue weighted by atomic mass is 10.3. The van der Waals surface area contributed by atoms with Crippen LogP contribution in [0, 0.1) is 5.92 Å². The van der Waals surface area contributed by atoms with Gasteiger partial charge >= 0.3 is 0 Å². The summed E-state index contributed by atoms with van der Waals surface area (Å²) < 4.78 is 5.20. The zero-order valence-corrected chi connectivity index (χ0v) is 9.66. The molecule has 1 aromatic rings. The molecular formula is C10H14ClN3O. The van der Waals surface area contributed by atoms with Gasteiger partial charge in [-0.15, -0.1) is 0 Å². The van der Waals surface area contributed by atoms with E-state index in [1.807, 2.05) is 7.05 Å². The molecule has 1 heterocycles. The standard InChI is InChI=1S/C10H14ClN3O/c1-14(5-7-3-4-7)10-8(15-2)9(11)12-6-13-10/h6-7H,3-5H2,1-2H3. The Hall–Kier alpha value is -1.03. The van der Waals surface area contributed by atoms with Crippen LogP contribution in [0.15, 0.2) is 6.33 Å². The molecule has 0 N–H and O–H groups in total. The normalized spacial score (nSPS) is 15.1. The van der Waals surface area contributed by atoms with E-state index in [2.05, 4.69) is 14.9 Å². The number of hydrogen-bond donors (Lipinski definition) is 0. The quantitative estimate of drug-likeness (QED) is 0.738. The van der Waals surface area contributed by atoms with E-state index in [1.54, 1.807) is 7.11 Å². The van der Waals surface area contributed by atoms with Crippen molar-refractivity contribution in [1.29, 1.82) is 0 Å². The minimum Gasteiger partial charge on any atom is -0.490 e. The van der Waals surface area contributed by atoms with Crippen LogP contribution in [0.25, 0.3) is 0 Å². The van der Waals surface area contributed by atoms with E-state index in [1.165, 1.54) is 19.2 Å². The van der Waals surface area contributed by atoms with Crippen LogP contribution in [0.3, 0.4) is 0 Å². The van der Waals surface area contributed by atoms with Crippen LogP contribution in [0.1, 0.15) is 12.8 Å². The number of ether oxygens (including phenoxy) is 1. The van der Waals surface area contributed by atoms with E-state index in [0.29, 0.717) is 10.9 Å². The SMILES string of the molecule is COc1c(Cl)ncnc1N(C)CC1CC1. The number of anilines is 1. The van der Waals surface area contributed by atoms with Crippen molar-refractivity contribution < 1.29 is 4.74 Å². The van der Waals surface area contributed by atoms with E-state index in [-0.39, 0.29) is 0 Å². The molecule has 0 spiro atoms. The van der Waals surface area contributed by atoms with Crippen LogP contribution in [0.2, 0.25) is 5.15 Å². The van der Waals surface area contributed by atoms with Gasteiger partial charge in [0.2, 0.25) is 0 Å². The van der Waals surface area contributed by atoms with E-state index in [4.69, 9.17) is 16.3 Å². The summed E-state index contributed by atoms with van der Waals surface area (Å²) in [6, 6.07) is 0. The minimum absolute atomic E-state index is 0.366. The van der Waals surface area contributed by atoms with Crippen LogP contribution in [0.4, 0.5) is 5.82 Å². The van der Waals surface area contributed by atoms with Crippen molar-refractivity contribution in [2.75, 3.05) is 25.6 Å². The zero-order valence-electron chi connectivity index (χ0n) is 8.90. The van der Waals surface area contributed by atoms with Gasteiger partial charge in [0.1, 0.15) is 6.33 Å². The molecule has 0 unspecified atom stereocenters. The summed E-state index contributed by atoms with van der Waals surface area (Å²) in [5.74, 6) is 2.13. The number of halogens is 1. The van der Waals surface area contributed by atoms with Crippen molar-refractivity contribution >= 4 is 17.4 Å². The number of nitrogens with zero attached hydrogens (tertiary/aromatic N) is 3. The van der Waals surface area contributed by atoms with E-state index >= 15 is 0 Å². The molecule has 15 heavy (non-hydrogen) atoms. The Kier molecular flexibility index (Phi) is 2.95. The zero-order chi connectivity index (χ0) is 10.8. The van der Waals surface area contributed by atoms with Gasteiger partial charge in [-0.25, -0.2) is 9.97 Å². The van der Waals surface area contributed by atoms with Crippen molar-refractivity contribution in [3.8, 4) is 5.75 Å². The van der Waals surface area contributed by atoms with Crippen LogP contribution in [-0.2, 0) is 0 Å². The molecular weight excluding hydrogens is 214 g/mol. The lowest BCUT2D eigenvalue weighted by Crippen LogP contribution is -2.22. The average Bonchev–Trinajstić information content (AvgIpc) is 3.01. The molecule has 0 saturated heterocycles. The van der Waals surface area contributed by atoms with Gasteiger partial charge in [0.25, 0.3) is 0 Å². The Labute approximate surface area is 94.2 Å². The Balaban J connectivity index is 2.20. The van der Waals surface area contributed by atoms with Crippen molar-refractivity contribution in [3.05, 3.63) is 11.5 Å². The topological polar surface area (TPSA) is 38.3 Å². The number of rotatable bonds is 4. The lowest BCUT2D eigenvalue weighted by molar-refractivity contribution is 0.411. The predicted molar refractivity (Wildman–Crippen MR) is 59.6 cm³/mol. The van der Waals surface area contributed by atoms with Gasteiger partial charge in [0.05, 0.1) is 7.11 Å². The van der Waals surface area contributed by atoms with Crippen LogP contribution < -0.4 is 9.64 Å². The monoisotopic (exact) mass is 227 g/mol. The number of hydrogen-bond acceptors (Lipinski definition) is 4. The number of methoxy groups -OCH3 is 1. The van der Waals surface area contributed by atoms with Crippen molar-refractivity contribution in [1.82, 2.24) is 9.97 Å². The molecule has 4 nitrogen and oxygen atoms in total. The second-order valence-corrected chi connectivity index (χ2v) is 4.20. The van der Waals surface area contributed by atoms with Crippen LogP contribution in [0.5, 0.6) is 5.75 Å². The number of aromatic nitrogens is 2. The Morgan fingerprint density at radius 3 is 2.87 bits per heavy atom. The third-order valence-corrected chi connectivity index (χ3v) is 2.81. The average molecular weight is 228 g/mol. The highest BCUT2D eigenvalue weighted by Gasteiger charge is 2.25. The van der Waals surface area contributed by atoms with Crippen molar-refractivity contribution in [2.24, 2.45) is 5.92 Å². The van der Waals surface area contributed by atoms with Gasteiger partial charge in [0.15, 0.2) is 16.7 Å². The second kappa shape index (κ2) is 4.23. The Morgan fingerprint density at radius 1 is 1.53 bits per heavy atom. The molecule has 0 aliphatic heterocycles. The fourth-order valence-electron chi connectivity index (χ4n) is 1.57. The van der Waals surface area contributed by atoms with Gasteiger partial charge in [-0.2, -0.15) is 0 Å². The summed E-state index contributed by atoms with van der Waals surface area (Å²) in [6.45, 7) is 1.00. The summed E-state index contributed by atoms with van der Waals surface area (Å²) in [5, 5.41) is 0.366. The maximum absolute atomic E-state index is 5.92. The molecule has 2 rings (SSSR count). The molecule has 1 aliphatic carbocycles. The predicted octanol–water partition coefficient (Wildman–Crippen LogP) is 1.98. The highest BCUT2D eigenvalue weighted by Crippen LogP contribution is 2.34. The molecule has 1 saturated carbocycles. The molecule has 1 aliphatic rings. The first-order valence-electron chi connectivity index (χ1n) is 4.98. The lowest BCUT2D eigenvalue weighted by Gasteiger charge is -2.20. The summed E-state index contributed by atoms with van der Waals surface area (Å²) in [4.78, 5) is 10.2. The largest absolute Gasteiger partial charge is 0.490 e. The molecule has 5 heteroatoms. The molecule has 0 bridgehead atoms. The Bertz CT molecular complexity index is 355. The summed E-state index contributed by atoms with van der Waals surface area (Å²) >= 11 is 5.92. The van der Waals surface area contributed by atoms with Crippen LogP contribution in [-0.4, -0.2) is 30.7 Å². The second-order valence-electron chi connectivity index (χ2n) is 3.85. The highest BCUT2D eigenvalue weighted by molar-refractivity contribution is 6.31. The summed E-state index contributed by atoms with van der Waals surface area (Å²) in [5.41, 5.74) is 0. The third kappa shape index (κ3) is 2.31. The fraction of sp³-hybridized carbons (Fsp3) is 0.600. The maximum Gasteiger partial charge on any atom is 0.199 e. The third-order valence-electron chi connectivity index (χ3n) is 2.54. The molecule has 1 fully saturated rings. The first-order chi connectivity index (χ1) is 7.22. The minimum atomic E-state index is 0.366. The van der Waals surface area contributed by atoms with Gasteiger partial charge < -0.3 is 9.64 Å². The smallest absolute Gasteiger partial charge is 0.199 e. The van der Waals surface area contributed by atoms with Gasteiger partial charge in [0, 0.05) is 13.6 Å². The van der Waals surface area contributed by atoms with Crippen molar-refractivity contribution in [3.63, 3.8) is 0 Å². The maximum atomic E-state index is 5.92. The first-order valence-corrected chi connectivity index (χ1v) is 5.35. The summed E-state index contributed by atoms with van der Waals surface area (Å²) in [6.07, 6.45) is 4.08.